The molecule has 1 fully saturated rings. The maximum atomic E-state index is 12.2. The number of amidine groups is 1. The number of nitrogens with zero attached hydrogens (tertiary/aromatic N) is 1. The largest absolute Gasteiger partial charge is 0.494 e. The molecule has 3 rings (SSSR count). The van der Waals surface area contributed by atoms with Crippen LogP contribution in [0.2, 0.25) is 10.0 Å². The van der Waals surface area contributed by atoms with E-state index in [0.717, 1.165) is 19.4 Å². The zero-order valence-electron chi connectivity index (χ0n) is 13.1. The molecule has 0 aromatic heterocycles. The Labute approximate surface area is 186 Å². The molecule has 4 nitrogen and oxygen atoms in total. The smallest absolute Gasteiger partial charge is 0.264 e. The van der Waals surface area contributed by atoms with Gasteiger partial charge in [0.25, 0.3) is 5.91 Å². The number of methoxy groups -OCH3 is 1. The van der Waals surface area contributed by atoms with Gasteiger partial charge < -0.3 is 10.1 Å². The maximum absolute atomic E-state index is 12.2. The second-order valence-corrected chi connectivity index (χ2v) is 8.90. The lowest BCUT2D eigenvalue weighted by Gasteiger charge is -2.07. The Morgan fingerprint density at radius 3 is 2.81 bits per heavy atom. The molecular weight excluding hydrogens is 574 g/mol. The molecule has 1 heterocycles. The van der Waals surface area contributed by atoms with Crippen LogP contribution in [0.5, 0.6) is 5.75 Å². The van der Waals surface area contributed by atoms with Crippen molar-refractivity contribution in [2.45, 2.75) is 0 Å². The summed E-state index contributed by atoms with van der Waals surface area (Å²) in [6, 6.07) is 9.00. The highest BCUT2D eigenvalue weighted by Gasteiger charge is 2.24. The minimum Gasteiger partial charge on any atom is -0.494 e. The predicted octanol–water partition coefficient (Wildman–Crippen LogP) is 6.26. The topological polar surface area (TPSA) is 50.7 Å². The number of hydrogen-bond acceptors (Lipinski definition) is 4. The van der Waals surface area contributed by atoms with E-state index in [0.29, 0.717) is 25.8 Å². The quantitative estimate of drug-likeness (QED) is 0.343. The number of ether oxygens (including phenoxy) is 1. The fourth-order valence-corrected chi connectivity index (χ4v) is 5.23. The van der Waals surface area contributed by atoms with Gasteiger partial charge in [0.2, 0.25) is 0 Å². The number of thioether (sulfide) groups is 1. The second-order valence-electron chi connectivity index (χ2n) is 5.07. The van der Waals surface area contributed by atoms with Crippen LogP contribution in [0.3, 0.4) is 0 Å². The third-order valence-corrected chi connectivity index (χ3v) is 6.44. The molecule has 0 saturated carbocycles. The summed E-state index contributed by atoms with van der Waals surface area (Å²) in [6.07, 6.45) is 1.80. The summed E-state index contributed by atoms with van der Waals surface area (Å²) in [5.74, 6) is 0.544. The first-order valence-corrected chi connectivity index (χ1v) is 10.6. The number of hydrogen-bond donors (Lipinski definition) is 1. The van der Waals surface area contributed by atoms with E-state index in [1.165, 1.54) is 11.8 Å². The highest BCUT2D eigenvalue weighted by Crippen LogP contribution is 2.36. The molecule has 2 aromatic rings. The summed E-state index contributed by atoms with van der Waals surface area (Å²) in [6.45, 7) is 0. The fraction of sp³-hybridized carbons (Fsp3) is 0.0588. The number of aliphatic imine (C=N–C) groups is 1. The fourth-order valence-electron chi connectivity index (χ4n) is 2.18. The van der Waals surface area contributed by atoms with Gasteiger partial charge in [0.05, 0.1) is 35.8 Å². The second kappa shape index (κ2) is 8.52. The third kappa shape index (κ3) is 4.39. The molecule has 0 spiro atoms. The Morgan fingerprint density at radius 2 is 2.12 bits per heavy atom. The molecular formula is C17H10BrCl2IN2O2S. The lowest BCUT2D eigenvalue weighted by atomic mass is 10.2. The van der Waals surface area contributed by atoms with Crippen molar-refractivity contribution in [3.63, 3.8) is 0 Å². The van der Waals surface area contributed by atoms with Crippen molar-refractivity contribution in [1.29, 1.82) is 0 Å². The predicted molar refractivity (Wildman–Crippen MR) is 121 cm³/mol. The number of carbonyl (C=O) groups excluding carboxylic acids is 1. The summed E-state index contributed by atoms with van der Waals surface area (Å²) in [5, 5.41) is 3.95. The lowest BCUT2D eigenvalue weighted by molar-refractivity contribution is -0.115. The number of nitrogens with one attached hydrogen (secondary N) is 1. The Bertz CT molecular complexity index is 943. The molecule has 1 aliphatic rings. The van der Waals surface area contributed by atoms with Crippen LogP contribution >= 0.6 is 73.5 Å². The Hall–Kier alpha value is -0.740. The first-order chi connectivity index (χ1) is 12.4. The van der Waals surface area contributed by atoms with E-state index in [-0.39, 0.29) is 5.91 Å². The average Bonchev–Trinajstić information content (AvgIpc) is 2.91. The van der Waals surface area contributed by atoms with Gasteiger partial charge in [-0.3, -0.25) is 4.79 Å². The van der Waals surface area contributed by atoms with Crippen LogP contribution in [0.15, 0.2) is 44.7 Å². The molecule has 26 heavy (non-hydrogen) atoms. The van der Waals surface area contributed by atoms with Crippen molar-refractivity contribution in [2.24, 2.45) is 4.99 Å². The van der Waals surface area contributed by atoms with Gasteiger partial charge >= 0.3 is 0 Å². The third-order valence-electron chi connectivity index (χ3n) is 3.33. The number of rotatable bonds is 3. The van der Waals surface area contributed by atoms with Crippen LogP contribution in [0.4, 0.5) is 5.69 Å². The Kier molecular flexibility index (Phi) is 6.55. The summed E-state index contributed by atoms with van der Waals surface area (Å²) < 4.78 is 7.08. The summed E-state index contributed by atoms with van der Waals surface area (Å²) in [4.78, 5) is 17.2. The molecule has 0 unspecified atom stereocenters. The first kappa shape index (κ1) is 20.0. The SMILES string of the molecule is COc1c(Br)cc(/C=C2\SC(=Nc3cccc(Cl)c3Cl)NC2=O)cc1I. The van der Waals surface area contributed by atoms with Crippen molar-refractivity contribution < 1.29 is 9.53 Å². The van der Waals surface area contributed by atoms with E-state index in [1.54, 1.807) is 31.4 Å². The van der Waals surface area contributed by atoms with Crippen LogP contribution in [-0.4, -0.2) is 18.2 Å². The monoisotopic (exact) mass is 582 g/mol. The van der Waals surface area contributed by atoms with Gasteiger partial charge in [-0.1, -0.05) is 29.3 Å². The molecule has 0 aliphatic carbocycles. The van der Waals surface area contributed by atoms with Crippen LogP contribution in [0.1, 0.15) is 5.56 Å². The van der Waals surface area contributed by atoms with Gasteiger partial charge in [0.1, 0.15) is 5.75 Å². The van der Waals surface area contributed by atoms with Crippen molar-refractivity contribution in [3.05, 3.63) is 58.9 Å². The molecule has 134 valence electrons. The molecule has 9 heteroatoms. The van der Waals surface area contributed by atoms with E-state index in [1.807, 2.05) is 12.1 Å². The zero-order chi connectivity index (χ0) is 18.8. The minimum atomic E-state index is -0.214. The number of carbonyl (C=O) groups is 1. The standard InChI is InChI=1S/C17H10BrCl2IN2O2S/c1-25-15-9(18)5-8(6-11(15)21)7-13-16(24)23-17(26-13)22-12-4-2-3-10(19)14(12)20/h2-7H,1H3,(H,22,23,24)/b13-7-. The van der Waals surface area contributed by atoms with Gasteiger partial charge in [0, 0.05) is 0 Å². The van der Waals surface area contributed by atoms with E-state index in [4.69, 9.17) is 27.9 Å². The van der Waals surface area contributed by atoms with Gasteiger partial charge in [0.15, 0.2) is 5.17 Å². The number of benzene rings is 2. The number of halogens is 4. The average molecular weight is 584 g/mol. The summed E-state index contributed by atoms with van der Waals surface area (Å²) >= 11 is 19.0. The van der Waals surface area contributed by atoms with E-state index in [2.05, 4.69) is 48.8 Å². The molecule has 1 N–H and O–H groups in total. The maximum Gasteiger partial charge on any atom is 0.264 e. The van der Waals surface area contributed by atoms with Crippen LogP contribution in [0.25, 0.3) is 6.08 Å². The lowest BCUT2D eigenvalue weighted by Crippen LogP contribution is -2.19. The van der Waals surface area contributed by atoms with Gasteiger partial charge in [-0.25, -0.2) is 4.99 Å². The molecule has 2 aromatic carbocycles. The van der Waals surface area contributed by atoms with E-state index in [9.17, 15) is 4.79 Å². The van der Waals surface area contributed by atoms with Gasteiger partial charge in [-0.2, -0.15) is 0 Å². The van der Waals surface area contributed by atoms with Gasteiger partial charge in [-0.15, -0.1) is 0 Å². The summed E-state index contributed by atoms with van der Waals surface area (Å²) in [7, 11) is 1.62. The molecule has 0 bridgehead atoms. The van der Waals surface area contributed by atoms with Crippen molar-refractivity contribution in [1.82, 2.24) is 5.32 Å². The van der Waals surface area contributed by atoms with Crippen molar-refractivity contribution >= 4 is 96.3 Å². The van der Waals surface area contributed by atoms with Crippen molar-refractivity contribution in [3.8, 4) is 5.75 Å². The molecule has 0 atom stereocenters. The number of amides is 1. The van der Waals surface area contributed by atoms with Crippen molar-refractivity contribution in [2.75, 3.05) is 7.11 Å². The molecule has 1 aliphatic heterocycles. The summed E-state index contributed by atoms with van der Waals surface area (Å²) in [5.41, 5.74) is 1.38. The minimum absolute atomic E-state index is 0.214. The zero-order valence-corrected chi connectivity index (χ0v) is 19.2. The normalized spacial score (nSPS) is 17.0. The Balaban J connectivity index is 1.89. The Morgan fingerprint density at radius 1 is 1.35 bits per heavy atom. The highest BCUT2D eigenvalue weighted by atomic mass is 127. The first-order valence-electron chi connectivity index (χ1n) is 7.15. The van der Waals surface area contributed by atoms with Crippen LogP contribution in [0, 0.1) is 3.57 Å². The van der Waals surface area contributed by atoms with Crippen LogP contribution in [-0.2, 0) is 4.79 Å². The highest BCUT2D eigenvalue weighted by molar-refractivity contribution is 14.1. The molecule has 0 radical (unpaired) electrons. The van der Waals surface area contributed by atoms with E-state index >= 15 is 0 Å². The van der Waals surface area contributed by atoms with E-state index < -0.39 is 0 Å². The molecule has 1 saturated heterocycles. The van der Waals surface area contributed by atoms with Crippen LogP contribution < -0.4 is 10.1 Å². The van der Waals surface area contributed by atoms with Gasteiger partial charge in [-0.05, 0) is 86.2 Å². The molecule has 1 amide bonds.